The first-order chi connectivity index (χ1) is 12.3. The van der Waals surface area contributed by atoms with Gasteiger partial charge in [0.15, 0.2) is 6.10 Å². The lowest BCUT2D eigenvalue weighted by Gasteiger charge is -2.17. The Morgan fingerprint density at radius 2 is 1.46 bits per heavy atom. The molecule has 1 aromatic rings. The molecule has 0 aromatic heterocycles. The molecule has 0 spiro atoms. The second-order valence-electron chi connectivity index (χ2n) is 6.34. The zero-order valence-corrected chi connectivity index (χ0v) is 16.2. The van der Waals surface area contributed by atoms with Crippen molar-refractivity contribution >= 4 is 11.8 Å². The van der Waals surface area contributed by atoms with E-state index >= 15 is 0 Å². The van der Waals surface area contributed by atoms with E-state index in [9.17, 15) is 9.59 Å². The quantitative estimate of drug-likeness (QED) is 0.621. The first-order valence-electron chi connectivity index (χ1n) is 8.94. The molecule has 0 radical (unpaired) electrons. The van der Waals surface area contributed by atoms with Crippen LogP contribution in [0.5, 0.6) is 11.5 Å². The highest BCUT2D eigenvalue weighted by atomic mass is 16.5. The third-order valence-corrected chi connectivity index (χ3v) is 3.56. The van der Waals surface area contributed by atoms with Crippen LogP contribution in [-0.2, 0) is 14.3 Å². The normalized spacial score (nSPS) is 13.0. The molecule has 2 amide bonds. The van der Waals surface area contributed by atoms with Gasteiger partial charge in [0, 0.05) is 6.61 Å². The van der Waals surface area contributed by atoms with Crippen LogP contribution in [-0.4, -0.2) is 37.2 Å². The third kappa shape index (κ3) is 8.20. The maximum absolute atomic E-state index is 12.0. The average molecular weight is 366 g/mol. The van der Waals surface area contributed by atoms with E-state index in [-0.39, 0.29) is 0 Å². The summed E-state index contributed by atoms with van der Waals surface area (Å²) in [5.74, 6) is 0.908. The Balaban J connectivity index is 2.35. The molecule has 0 heterocycles. The summed E-state index contributed by atoms with van der Waals surface area (Å²) in [6.45, 7) is 10.4. The number of nitrogens with one attached hydrogen (secondary N) is 2. The Labute approximate surface area is 155 Å². The average Bonchev–Trinajstić information content (AvgIpc) is 2.60. The number of rotatable bonds is 10. The van der Waals surface area contributed by atoms with Crippen LogP contribution in [0.3, 0.4) is 0 Å². The lowest BCUT2D eigenvalue weighted by Crippen LogP contribution is -2.50. The number of amides is 2. The summed E-state index contributed by atoms with van der Waals surface area (Å²) < 4.78 is 16.3. The van der Waals surface area contributed by atoms with Crippen molar-refractivity contribution in [1.29, 1.82) is 0 Å². The molecule has 1 aromatic carbocycles. The van der Waals surface area contributed by atoms with E-state index in [2.05, 4.69) is 24.7 Å². The highest BCUT2D eigenvalue weighted by molar-refractivity contribution is 5.86. The van der Waals surface area contributed by atoms with Gasteiger partial charge in [-0.1, -0.05) is 13.8 Å². The minimum Gasteiger partial charge on any atom is -0.494 e. The molecule has 26 heavy (non-hydrogen) atoms. The summed E-state index contributed by atoms with van der Waals surface area (Å²) in [6.07, 6.45) is -0.543. The van der Waals surface area contributed by atoms with E-state index in [1.807, 2.05) is 6.92 Å². The predicted molar refractivity (Wildman–Crippen MR) is 98.9 cm³/mol. The van der Waals surface area contributed by atoms with Crippen molar-refractivity contribution in [3.05, 3.63) is 24.3 Å². The number of benzene rings is 1. The molecule has 0 bridgehead atoms. The fourth-order valence-corrected chi connectivity index (χ4v) is 1.92. The highest BCUT2D eigenvalue weighted by Gasteiger charge is 2.18. The third-order valence-electron chi connectivity index (χ3n) is 3.56. The van der Waals surface area contributed by atoms with Crippen LogP contribution in [0, 0.1) is 5.92 Å². The molecule has 7 heteroatoms. The van der Waals surface area contributed by atoms with Crippen molar-refractivity contribution in [3.63, 3.8) is 0 Å². The topological polar surface area (TPSA) is 85.9 Å². The van der Waals surface area contributed by atoms with Crippen molar-refractivity contribution in [2.75, 3.05) is 13.2 Å². The minimum absolute atomic E-state index is 0.407. The molecule has 0 aliphatic heterocycles. The number of carbonyl (C=O) groups is 2. The summed E-state index contributed by atoms with van der Waals surface area (Å²) in [4.78, 5) is 23.9. The van der Waals surface area contributed by atoms with Gasteiger partial charge in [0.05, 0.1) is 6.61 Å². The van der Waals surface area contributed by atoms with E-state index in [1.165, 1.54) is 0 Å². The second kappa shape index (κ2) is 11.4. The van der Waals surface area contributed by atoms with E-state index < -0.39 is 24.0 Å². The van der Waals surface area contributed by atoms with Crippen molar-refractivity contribution < 1.29 is 23.8 Å². The van der Waals surface area contributed by atoms with Gasteiger partial charge >= 0.3 is 0 Å². The number of hydrogen-bond acceptors (Lipinski definition) is 5. The number of carbonyl (C=O) groups excluding carboxylic acids is 2. The van der Waals surface area contributed by atoms with Gasteiger partial charge in [0.2, 0.25) is 0 Å². The molecule has 2 unspecified atom stereocenters. The molecular weight excluding hydrogens is 336 g/mol. The molecule has 0 saturated heterocycles. The standard InChI is InChI=1S/C19H30N2O5/c1-6-24-16-7-9-17(10-8-16)26-15(5)19(23)21-20-18(22)14(4)25-12-11-13(2)3/h7-10,13-15H,6,11-12H2,1-5H3,(H,20,22)(H,21,23). The Kier molecular flexibility index (Phi) is 9.51. The molecule has 2 N–H and O–H groups in total. The molecule has 2 atom stereocenters. The summed E-state index contributed by atoms with van der Waals surface area (Å²) in [5, 5.41) is 0. The van der Waals surface area contributed by atoms with Crippen LogP contribution in [0.25, 0.3) is 0 Å². The summed E-state index contributed by atoms with van der Waals surface area (Å²) in [7, 11) is 0. The van der Waals surface area contributed by atoms with Crippen molar-refractivity contribution in [2.45, 2.75) is 53.2 Å². The van der Waals surface area contributed by atoms with E-state index in [0.29, 0.717) is 24.9 Å². The van der Waals surface area contributed by atoms with Crippen LogP contribution in [0.4, 0.5) is 0 Å². The van der Waals surface area contributed by atoms with Gasteiger partial charge in [-0.2, -0.15) is 0 Å². The fourth-order valence-electron chi connectivity index (χ4n) is 1.92. The maximum atomic E-state index is 12.0. The van der Waals surface area contributed by atoms with Crippen molar-refractivity contribution in [3.8, 4) is 11.5 Å². The molecule has 146 valence electrons. The monoisotopic (exact) mass is 366 g/mol. The lowest BCUT2D eigenvalue weighted by atomic mass is 10.1. The van der Waals surface area contributed by atoms with Crippen molar-refractivity contribution in [1.82, 2.24) is 10.9 Å². The first kappa shape index (κ1) is 21.8. The Morgan fingerprint density at radius 1 is 0.923 bits per heavy atom. The maximum Gasteiger partial charge on any atom is 0.279 e. The Hall–Kier alpha value is -2.28. The Bertz CT molecular complexity index is 560. The van der Waals surface area contributed by atoms with Gasteiger partial charge in [-0.15, -0.1) is 0 Å². The van der Waals surface area contributed by atoms with E-state index in [4.69, 9.17) is 14.2 Å². The number of ether oxygens (including phenoxy) is 3. The van der Waals surface area contributed by atoms with Crippen LogP contribution < -0.4 is 20.3 Å². The zero-order chi connectivity index (χ0) is 19.5. The number of hydrogen-bond donors (Lipinski definition) is 2. The summed E-state index contributed by atoms with van der Waals surface area (Å²) in [6, 6.07) is 6.97. The van der Waals surface area contributed by atoms with Crippen molar-refractivity contribution in [2.24, 2.45) is 5.92 Å². The minimum atomic E-state index is -0.773. The van der Waals surface area contributed by atoms with Crippen LogP contribution in [0.15, 0.2) is 24.3 Å². The molecule has 1 rings (SSSR count). The lowest BCUT2D eigenvalue weighted by molar-refractivity contribution is -0.138. The van der Waals surface area contributed by atoms with E-state index in [0.717, 1.165) is 12.2 Å². The van der Waals surface area contributed by atoms with Gasteiger partial charge in [0.25, 0.3) is 11.8 Å². The molecule has 0 fully saturated rings. The van der Waals surface area contributed by atoms with Gasteiger partial charge in [-0.25, -0.2) is 0 Å². The van der Waals surface area contributed by atoms with Gasteiger partial charge in [-0.3, -0.25) is 20.4 Å². The fraction of sp³-hybridized carbons (Fsp3) is 0.579. The van der Waals surface area contributed by atoms with Crippen LogP contribution in [0.1, 0.15) is 41.0 Å². The first-order valence-corrected chi connectivity index (χ1v) is 8.94. The number of hydrazine groups is 1. The second-order valence-corrected chi connectivity index (χ2v) is 6.34. The summed E-state index contributed by atoms with van der Waals surface area (Å²) >= 11 is 0. The predicted octanol–water partition coefficient (Wildman–Crippen LogP) is 2.45. The molecule has 0 saturated carbocycles. The highest BCUT2D eigenvalue weighted by Crippen LogP contribution is 2.18. The summed E-state index contributed by atoms with van der Waals surface area (Å²) in [5.41, 5.74) is 4.70. The van der Waals surface area contributed by atoms with Crippen LogP contribution in [0.2, 0.25) is 0 Å². The smallest absolute Gasteiger partial charge is 0.279 e. The van der Waals surface area contributed by atoms with Gasteiger partial charge < -0.3 is 14.2 Å². The molecule has 0 aliphatic carbocycles. The van der Waals surface area contributed by atoms with Crippen LogP contribution >= 0.6 is 0 Å². The SMILES string of the molecule is CCOc1ccc(OC(C)C(=O)NNC(=O)C(C)OCCC(C)C)cc1. The largest absolute Gasteiger partial charge is 0.494 e. The van der Waals surface area contributed by atoms with Gasteiger partial charge in [-0.05, 0) is 57.4 Å². The van der Waals surface area contributed by atoms with Gasteiger partial charge in [0.1, 0.15) is 17.6 Å². The molecule has 7 nitrogen and oxygen atoms in total. The molecular formula is C19H30N2O5. The van der Waals surface area contributed by atoms with E-state index in [1.54, 1.807) is 38.1 Å². The molecule has 0 aliphatic rings. The Morgan fingerprint density at radius 3 is 2.00 bits per heavy atom. The zero-order valence-electron chi connectivity index (χ0n) is 16.2.